The molecule has 194 valence electrons. The minimum absolute atomic E-state index is 0.0294. The molecule has 0 spiro atoms. The molecule has 38 heavy (non-hydrogen) atoms. The summed E-state index contributed by atoms with van der Waals surface area (Å²) in [5.41, 5.74) is 7.59. The van der Waals surface area contributed by atoms with Crippen molar-refractivity contribution in [1.29, 1.82) is 0 Å². The summed E-state index contributed by atoms with van der Waals surface area (Å²) in [4.78, 5) is 19.8. The van der Waals surface area contributed by atoms with Gasteiger partial charge in [0.1, 0.15) is 0 Å². The van der Waals surface area contributed by atoms with Crippen LogP contribution >= 0.6 is 12.2 Å². The summed E-state index contributed by atoms with van der Waals surface area (Å²) in [6.07, 6.45) is 5.07. The number of para-hydroxylation sites is 1. The molecule has 1 aliphatic rings. The van der Waals surface area contributed by atoms with Gasteiger partial charge in [-0.2, -0.15) is 0 Å². The summed E-state index contributed by atoms with van der Waals surface area (Å²) in [5.74, 6) is -0.0294. The van der Waals surface area contributed by atoms with Crippen LogP contribution in [0.3, 0.4) is 0 Å². The Morgan fingerprint density at radius 1 is 1.03 bits per heavy atom. The fourth-order valence-electron chi connectivity index (χ4n) is 5.10. The van der Waals surface area contributed by atoms with Gasteiger partial charge in [0.2, 0.25) is 5.91 Å². The SMILES string of the molecule is CCc1ccccc1NC(=O)CCN1C(=S)N[C@@H](c2ccccn2)[C@@H]1c1cccn1-c1ccc(C)c(C)c1. The number of rotatable bonds is 8. The van der Waals surface area contributed by atoms with E-state index >= 15 is 0 Å². The average Bonchev–Trinajstić information content (AvgIpc) is 3.54. The molecule has 0 unspecified atom stereocenters. The van der Waals surface area contributed by atoms with Crippen LogP contribution < -0.4 is 10.6 Å². The van der Waals surface area contributed by atoms with Crippen LogP contribution in [0.5, 0.6) is 0 Å². The van der Waals surface area contributed by atoms with Crippen LogP contribution in [0.1, 0.15) is 53.5 Å². The Balaban J connectivity index is 1.45. The van der Waals surface area contributed by atoms with Crippen LogP contribution in [0.4, 0.5) is 5.69 Å². The molecule has 1 saturated heterocycles. The van der Waals surface area contributed by atoms with Gasteiger partial charge in [0.15, 0.2) is 5.11 Å². The zero-order valence-corrected chi connectivity index (χ0v) is 22.8. The van der Waals surface area contributed by atoms with E-state index in [2.05, 4.69) is 82.4 Å². The average molecular weight is 524 g/mol. The normalized spacial score (nSPS) is 16.9. The number of anilines is 1. The molecule has 2 aromatic heterocycles. The molecule has 5 rings (SSSR count). The first-order valence-electron chi connectivity index (χ1n) is 13.1. The van der Waals surface area contributed by atoms with Crippen molar-refractivity contribution in [2.75, 3.05) is 11.9 Å². The fourth-order valence-corrected chi connectivity index (χ4v) is 5.43. The maximum absolute atomic E-state index is 13.0. The Kier molecular flexibility index (Phi) is 7.56. The van der Waals surface area contributed by atoms with Gasteiger partial charge in [0.25, 0.3) is 0 Å². The molecule has 0 radical (unpaired) electrons. The maximum atomic E-state index is 13.0. The van der Waals surface area contributed by atoms with Gasteiger partial charge in [-0.05, 0) is 91.6 Å². The summed E-state index contributed by atoms with van der Waals surface area (Å²) in [5, 5.41) is 7.22. The second-order valence-corrected chi connectivity index (χ2v) is 10.1. The maximum Gasteiger partial charge on any atom is 0.226 e. The molecule has 1 aliphatic heterocycles. The van der Waals surface area contributed by atoms with Crippen LogP contribution in [0.15, 0.2) is 85.2 Å². The highest BCUT2D eigenvalue weighted by Crippen LogP contribution is 2.39. The first-order valence-corrected chi connectivity index (χ1v) is 13.5. The van der Waals surface area contributed by atoms with Crippen molar-refractivity contribution in [3.8, 4) is 5.69 Å². The third-order valence-electron chi connectivity index (χ3n) is 7.30. The van der Waals surface area contributed by atoms with E-state index in [0.29, 0.717) is 18.1 Å². The van der Waals surface area contributed by atoms with Crippen molar-refractivity contribution in [3.05, 3.63) is 113 Å². The molecular weight excluding hydrogens is 490 g/mol. The van der Waals surface area contributed by atoms with E-state index in [1.54, 1.807) is 6.20 Å². The van der Waals surface area contributed by atoms with Crippen LogP contribution in [-0.4, -0.2) is 32.0 Å². The summed E-state index contributed by atoms with van der Waals surface area (Å²) < 4.78 is 2.22. The number of amides is 1. The van der Waals surface area contributed by atoms with Crippen molar-refractivity contribution in [2.45, 2.75) is 45.7 Å². The quantitative estimate of drug-likeness (QED) is 0.275. The monoisotopic (exact) mass is 523 g/mol. The summed E-state index contributed by atoms with van der Waals surface area (Å²) in [6, 6.07) is 24.3. The van der Waals surface area contributed by atoms with Crippen molar-refractivity contribution >= 4 is 28.9 Å². The van der Waals surface area contributed by atoms with Crippen molar-refractivity contribution in [2.24, 2.45) is 0 Å². The van der Waals surface area contributed by atoms with E-state index in [0.717, 1.165) is 34.7 Å². The minimum atomic E-state index is -0.146. The second-order valence-electron chi connectivity index (χ2n) is 9.70. The topological polar surface area (TPSA) is 62.2 Å². The zero-order chi connectivity index (χ0) is 26.6. The summed E-state index contributed by atoms with van der Waals surface area (Å²) >= 11 is 5.83. The van der Waals surface area contributed by atoms with E-state index in [1.165, 1.54) is 11.1 Å². The number of aromatic nitrogens is 2. The Morgan fingerprint density at radius 3 is 2.61 bits per heavy atom. The fraction of sp³-hybridized carbons (Fsp3) is 0.258. The number of benzene rings is 2. The molecule has 0 bridgehead atoms. The number of pyridine rings is 1. The van der Waals surface area contributed by atoms with Crippen LogP contribution in [-0.2, 0) is 11.2 Å². The molecule has 0 saturated carbocycles. The first kappa shape index (κ1) is 25.7. The van der Waals surface area contributed by atoms with Crippen LogP contribution in [0, 0.1) is 13.8 Å². The molecule has 7 heteroatoms. The van der Waals surface area contributed by atoms with Crippen LogP contribution in [0.25, 0.3) is 5.69 Å². The third-order valence-corrected chi connectivity index (χ3v) is 7.65. The van der Waals surface area contributed by atoms with E-state index in [4.69, 9.17) is 12.2 Å². The second kappa shape index (κ2) is 11.2. The van der Waals surface area contributed by atoms with E-state index in [1.807, 2.05) is 42.5 Å². The number of aryl methyl sites for hydroxylation is 3. The lowest BCUT2D eigenvalue weighted by Crippen LogP contribution is -2.33. The van der Waals surface area contributed by atoms with Gasteiger partial charge in [-0.25, -0.2) is 0 Å². The van der Waals surface area contributed by atoms with Crippen molar-refractivity contribution in [3.63, 3.8) is 0 Å². The van der Waals surface area contributed by atoms with Gasteiger partial charge in [0.05, 0.1) is 17.8 Å². The van der Waals surface area contributed by atoms with Gasteiger partial charge in [0, 0.05) is 42.4 Å². The number of carbonyl (C=O) groups is 1. The Hall–Kier alpha value is -3.97. The summed E-state index contributed by atoms with van der Waals surface area (Å²) in [6.45, 7) is 6.83. The predicted octanol–water partition coefficient (Wildman–Crippen LogP) is 6.05. The molecule has 1 fully saturated rings. The van der Waals surface area contributed by atoms with Gasteiger partial charge in [-0.1, -0.05) is 37.3 Å². The summed E-state index contributed by atoms with van der Waals surface area (Å²) in [7, 11) is 0. The van der Waals surface area contributed by atoms with Crippen molar-refractivity contribution in [1.82, 2.24) is 19.8 Å². The highest BCUT2D eigenvalue weighted by atomic mass is 32.1. The van der Waals surface area contributed by atoms with Gasteiger partial charge in [-0.15, -0.1) is 0 Å². The Labute approximate surface area is 229 Å². The van der Waals surface area contributed by atoms with E-state index in [9.17, 15) is 4.79 Å². The zero-order valence-electron chi connectivity index (χ0n) is 22.0. The standard InChI is InChI=1S/C31H33N5OS/c1-4-23-10-5-6-11-25(23)33-28(37)16-19-36-30(29(34-31(36)38)26-12-7-8-17-32-26)27-13-9-18-35(27)24-15-14-21(2)22(3)20-24/h5-15,17-18,20,29-30H,4,16,19H2,1-3H3,(H,33,37)(H,34,38)/t29-,30-/m0/s1. The van der Waals surface area contributed by atoms with Gasteiger partial charge >= 0.3 is 0 Å². The lowest BCUT2D eigenvalue weighted by atomic mass is 10.0. The first-order chi connectivity index (χ1) is 18.5. The number of nitrogens with one attached hydrogen (secondary N) is 2. The molecule has 0 aliphatic carbocycles. The highest BCUT2D eigenvalue weighted by molar-refractivity contribution is 7.80. The number of nitrogens with zero attached hydrogens (tertiary/aromatic N) is 3. The van der Waals surface area contributed by atoms with Gasteiger partial charge in [-0.3, -0.25) is 9.78 Å². The third kappa shape index (κ3) is 5.20. The number of thiocarbonyl (C=S) groups is 1. The predicted molar refractivity (Wildman–Crippen MR) is 156 cm³/mol. The molecular formula is C31H33N5OS. The lowest BCUT2D eigenvalue weighted by Gasteiger charge is -2.29. The number of carbonyl (C=O) groups excluding carboxylic acids is 1. The van der Waals surface area contributed by atoms with E-state index < -0.39 is 0 Å². The number of hydrogen-bond acceptors (Lipinski definition) is 3. The Bertz CT molecular complexity index is 1450. The molecule has 2 atom stereocenters. The van der Waals surface area contributed by atoms with Crippen LogP contribution in [0.2, 0.25) is 0 Å². The smallest absolute Gasteiger partial charge is 0.226 e. The molecule has 3 heterocycles. The Morgan fingerprint density at radius 2 is 1.84 bits per heavy atom. The molecule has 4 aromatic rings. The number of hydrogen-bond donors (Lipinski definition) is 2. The molecule has 2 N–H and O–H groups in total. The van der Waals surface area contributed by atoms with Crippen molar-refractivity contribution < 1.29 is 4.79 Å². The lowest BCUT2D eigenvalue weighted by molar-refractivity contribution is -0.116. The largest absolute Gasteiger partial charge is 0.352 e. The molecule has 1 amide bonds. The van der Waals surface area contributed by atoms with Gasteiger partial charge < -0.3 is 20.1 Å². The molecule has 6 nitrogen and oxygen atoms in total. The highest BCUT2D eigenvalue weighted by Gasteiger charge is 2.41. The van der Waals surface area contributed by atoms with E-state index in [-0.39, 0.29) is 18.0 Å². The molecule has 2 aromatic carbocycles. The minimum Gasteiger partial charge on any atom is -0.352 e.